The Hall–Kier alpha value is -4.02. The number of nitrogens with one attached hydrogen (secondary N) is 1. The zero-order chi connectivity index (χ0) is 28.0. The Labute approximate surface area is 248 Å². The number of halogens is 1. The molecule has 4 aromatic rings. The molecule has 0 fully saturated rings. The molecular weight excluding hydrogens is 560 g/mol. The number of carbonyl (C=O) groups excluding carboxylic acids is 1. The van der Waals surface area contributed by atoms with Crippen LogP contribution in [0.25, 0.3) is 0 Å². The predicted molar refractivity (Wildman–Crippen MR) is 169 cm³/mol. The summed E-state index contributed by atoms with van der Waals surface area (Å²) in [7, 11) is 4.01. The molecule has 0 heterocycles. The van der Waals surface area contributed by atoms with Crippen molar-refractivity contribution in [3.8, 4) is 0 Å². The molecule has 0 aliphatic rings. The fraction of sp³-hybridized carbons (Fsp3) is 0.161. The van der Waals surface area contributed by atoms with Crippen LogP contribution < -0.4 is 14.5 Å². The van der Waals surface area contributed by atoms with E-state index in [9.17, 15) is 13.2 Å². The van der Waals surface area contributed by atoms with Gasteiger partial charge in [-0.3, -0.25) is 4.79 Å². The summed E-state index contributed by atoms with van der Waals surface area (Å²) in [6.07, 6.45) is 0. The van der Waals surface area contributed by atoms with Gasteiger partial charge in [0.25, 0.3) is 5.91 Å². The molecule has 216 valence electrons. The van der Waals surface area contributed by atoms with Gasteiger partial charge in [0.2, 0.25) is 10.0 Å². The summed E-state index contributed by atoms with van der Waals surface area (Å²) in [5, 5.41) is 0. The first-order valence-corrected chi connectivity index (χ1v) is 13.9. The largest absolute Gasteiger partial charge is 0.412 e. The Morgan fingerprint density at radius 2 is 1.22 bits per heavy atom. The van der Waals surface area contributed by atoms with E-state index in [0.29, 0.717) is 5.71 Å². The fourth-order valence-electron chi connectivity index (χ4n) is 3.95. The second-order valence-corrected chi connectivity index (χ2v) is 11.3. The lowest BCUT2D eigenvalue weighted by Crippen LogP contribution is -2.23. The fourth-order valence-corrected chi connectivity index (χ4v) is 5.01. The minimum Gasteiger partial charge on any atom is -0.412 e. The third-order valence-corrected chi connectivity index (χ3v) is 7.63. The number of sulfonamides is 1. The third-order valence-electron chi connectivity index (χ3n) is 6.23. The van der Waals surface area contributed by atoms with E-state index in [1.807, 2.05) is 117 Å². The Kier molecular flexibility index (Phi) is 11.8. The summed E-state index contributed by atoms with van der Waals surface area (Å²) in [5.41, 5.74) is 5.13. The quantitative estimate of drug-likeness (QED) is 0.285. The molecule has 10 heteroatoms. The van der Waals surface area contributed by atoms with E-state index >= 15 is 0 Å². The molecule has 0 saturated carbocycles. The molecule has 0 saturated heterocycles. The molecule has 0 spiro atoms. The minimum absolute atomic E-state index is 0. The lowest BCUT2D eigenvalue weighted by molar-refractivity contribution is 0.100. The van der Waals surface area contributed by atoms with Gasteiger partial charge >= 0.3 is 0 Å². The van der Waals surface area contributed by atoms with Crippen molar-refractivity contribution in [2.24, 2.45) is 4.99 Å². The zero-order valence-corrected chi connectivity index (χ0v) is 25.0. The summed E-state index contributed by atoms with van der Waals surface area (Å²) >= 11 is 0. The molecule has 0 aliphatic heterocycles. The highest BCUT2D eigenvalue weighted by Crippen LogP contribution is 2.21. The number of hydrogen-bond donors (Lipinski definition) is 1. The van der Waals surface area contributed by atoms with Gasteiger partial charge in [0, 0.05) is 62.8 Å². The molecule has 0 unspecified atom stereocenters. The van der Waals surface area contributed by atoms with Crippen LogP contribution in [0, 0.1) is 0 Å². The standard InChI is InChI=1S/C31H32N4O3S.ClH.H2O/c1-34(2)27-17-13-24(14-18-27)30(25-15-19-28(20-16-25)35(3)4)33-31(36)26-11-8-12-29(21-26)39(37,38)32-22-23-9-6-5-7-10-23;;/h5-21,32H,22H2,1-4H3;1H;1H2. The van der Waals surface area contributed by atoms with Crippen LogP contribution in [0.4, 0.5) is 11.4 Å². The Morgan fingerprint density at radius 1 is 0.707 bits per heavy atom. The monoisotopic (exact) mass is 594 g/mol. The van der Waals surface area contributed by atoms with Gasteiger partial charge in [-0.15, -0.1) is 12.4 Å². The third kappa shape index (κ3) is 8.48. The van der Waals surface area contributed by atoms with Gasteiger partial charge in [-0.2, -0.15) is 0 Å². The molecule has 4 rings (SSSR count). The van der Waals surface area contributed by atoms with Crippen molar-refractivity contribution in [3.05, 3.63) is 125 Å². The molecule has 8 nitrogen and oxygen atoms in total. The number of aliphatic imine (C=N–C) groups is 1. The number of carbonyl (C=O) groups is 1. The van der Waals surface area contributed by atoms with Gasteiger partial charge in [0.15, 0.2) is 0 Å². The van der Waals surface area contributed by atoms with Crippen molar-refractivity contribution in [1.29, 1.82) is 0 Å². The highest BCUT2D eigenvalue weighted by Gasteiger charge is 2.17. The van der Waals surface area contributed by atoms with E-state index < -0.39 is 15.9 Å². The molecule has 0 bridgehead atoms. The zero-order valence-electron chi connectivity index (χ0n) is 23.4. The molecular formula is C31H35ClN4O4S. The molecule has 0 aliphatic carbocycles. The lowest BCUT2D eigenvalue weighted by atomic mass is 10.0. The Bertz CT molecular complexity index is 1520. The number of rotatable bonds is 9. The molecule has 0 aromatic heterocycles. The van der Waals surface area contributed by atoms with Crippen molar-refractivity contribution in [2.75, 3.05) is 38.0 Å². The highest BCUT2D eigenvalue weighted by molar-refractivity contribution is 7.89. The number of nitrogens with zero attached hydrogens (tertiary/aromatic N) is 3. The van der Waals surface area contributed by atoms with Crippen LogP contribution in [0.15, 0.2) is 113 Å². The average Bonchev–Trinajstić information content (AvgIpc) is 2.95. The average molecular weight is 595 g/mol. The molecule has 3 N–H and O–H groups in total. The first kappa shape index (κ1) is 33.2. The van der Waals surface area contributed by atoms with Gasteiger partial charge in [-0.05, 0) is 48.0 Å². The number of amides is 1. The maximum absolute atomic E-state index is 13.4. The van der Waals surface area contributed by atoms with Gasteiger partial charge in [-0.25, -0.2) is 18.1 Å². The van der Waals surface area contributed by atoms with Crippen LogP contribution in [0.5, 0.6) is 0 Å². The molecule has 0 radical (unpaired) electrons. The van der Waals surface area contributed by atoms with Crippen molar-refractivity contribution < 1.29 is 18.7 Å². The topological polar surface area (TPSA) is 114 Å². The number of hydrogen-bond acceptors (Lipinski definition) is 5. The van der Waals surface area contributed by atoms with Gasteiger partial charge < -0.3 is 15.3 Å². The van der Waals surface area contributed by atoms with Crippen LogP contribution in [-0.2, 0) is 16.6 Å². The van der Waals surface area contributed by atoms with Crippen LogP contribution in [0.3, 0.4) is 0 Å². The second-order valence-electron chi connectivity index (χ2n) is 9.49. The summed E-state index contributed by atoms with van der Waals surface area (Å²) in [6.45, 7) is 0.148. The van der Waals surface area contributed by atoms with Crippen molar-refractivity contribution in [1.82, 2.24) is 4.72 Å². The molecule has 1 amide bonds. The Morgan fingerprint density at radius 3 is 1.71 bits per heavy atom. The van der Waals surface area contributed by atoms with E-state index in [1.54, 1.807) is 12.1 Å². The van der Waals surface area contributed by atoms with Gasteiger partial charge in [0.05, 0.1) is 10.6 Å². The first-order valence-electron chi connectivity index (χ1n) is 12.5. The normalized spacial score (nSPS) is 10.5. The summed E-state index contributed by atoms with van der Waals surface area (Å²) in [4.78, 5) is 21.9. The maximum atomic E-state index is 13.4. The van der Waals surface area contributed by atoms with Gasteiger partial charge in [0.1, 0.15) is 0 Å². The SMILES string of the molecule is CN(C)c1ccc(C(=NC(=O)c2cccc(S(=O)(=O)NCc3ccccc3)c2)c2ccc(N(C)C)cc2)cc1.Cl.O. The number of anilines is 2. The van der Waals surface area contributed by atoms with E-state index in [4.69, 9.17) is 0 Å². The lowest BCUT2D eigenvalue weighted by Gasteiger charge is -2.15. The predicted octanol–water partition coefficient (Wildman–Crippen LogP) is 4.57. The molecule has 4 aromatic carbocycles. The maximum Gasteiger partial charge on any atom is 0.277 e. The second kappa shape index (κ2) is 14.6. The van der Waals surface area contributed by atoms with E-state index in [-0.39, 0.29) is 34.9 Å². The summed E-state index contributed by atoms with van der Waals surface area (Å²) in [6, 6.07) is 30.8. The van der Waals surface area contributed by atoms with Gasteiger partial charge in [-0.1, -0.05) is 60.7 Å². The van der Waals surface area contributed by atoms with E-state index in [2.05, 4.69) is 9.71 Å². The highest BCUT2D eigenvalue weighted by atomic mass is 35.5. The van der Waals surface area contributed by atoms with Crippen molar-refractivity contribution in [3.63, 3.8) is 0 Å². The molecule has 0 atom stereocenters. The minimum atomic E-state index is -3.83. The smallest absolute Gasteiger partial charge is 0.277 e. The summed E-state index contributed by atoms with van der Waals surface area (Å²) in [5.74, 6) is -0.529. The Balaban J connectivity index is 0.00000294. The van der Waals surface area contributed by atoms with Crippen molar-refractivity contribution in [2.45, 2.75) is 11.4 Å². The van der Waals surface area contributed by atoms with E-state index in [0.717, 1.165) is 28.1 Å². The van der Waals surface area contributed by atoms with Crippen LogP contribution >= 0.6 is 12.4 Å². The van der Waals surface area contributed by atoms with Crippen LogP contribution in [-0.4, -0.2) is 53.7 Å². The van der Waals surface area contributed by atoms with Crippen LogP contribution in [0.2, 0.25) is 0 Å². The van der Waals surface area contributed by atoms with Crippen LogP contribution in [0.1, 0.15) is 27.0 Å². The van der Waals surface area contributed by atoms with Crippen molar-refractivity contribution >= 4 is 45.4 Å². The molecule has 41 heavy (non-hydrogen) atoms. The van der Waals surface area contributed by atoms with E-state index in [1.165, 1.54) is 12.1 Å². The first-order chi connectivity index (χ1) is 18.6. The number of benzene rings is 4. The summed E-state index contributed by atoms with van der Waals surface area (Å²) < 4.78 is 28.5.